The Morgan fingerprint density at radius 1 is 0.500 bits per heavy atom. The maximum Gasteiger partial charge on any atom is 0.167 e. The molecule has 5 heteroatoms. The first-order valence-corrected chi connectivity index (χ1v) is 17.4. The Morgan fingerprint density at radius 3 is 1.98 bits per heavy atom. The topological polar surface area (TPSA) is 51.8 Å². The first-order valence-electron chi connectivity index (χ1n) is 16.5. The molecular formula is C45H27N3OS. The van der Waals surface area contributed by atoms with E-state index in [1.807, 2.05) is 84.1 Å². The lowest BCUT2D eigenvalue weighted by Crippen LogP contribution is -2.00. The minimum Gasteiger partial charge on any atom is -0.455 e. The number of rotatable bonds is 5. The molecule has 234 valence electrons. The fourth-order valence-corrected chi connectivity index (χ4v) is 8.19. The van der Waals surface area contributed by atoms with Crippen molar-refractivity contribution in [1.82, 2.24) is 15.0 Å². The van der Waals surface area contributed by atoms with Crippen molar-refractivity contribution in [3.05, 3.63) is 158 Å². The molecule has 0 unspecified atom stereocenters. The van der Waals surface area contributed by atoms with Gasteiger partial charge in [-0.05, 0) is 57.8 Å². The van der Waals surface area contributed by atoms with Crippen LogP contribution in [0.1, 0.15) is 5.56 Å². The van der Waals surface area contributed by atoms with E-state index in [0.29, 0.717) is 17.5 Å². The van der Waals surface area contributed by atoms with Crippen LogP contribution in [0.2, 0.25) is 0 Å². The van der Waals surface area contributed by atoms with Crippen molar-refractivity contribution < 1.29 is 4.42 Å². The fraction of sp³-hybridized carbons (Fsp3) is 0. The molecular weight excluding hydrogens is 631 g/mol. The quantitative estimate of drug-likeness (QED) is 0.185. The Kier molecular flexibility index (Phi) is 6.48. The van der Waals surface area contributed by atoms with Gasteiger partial charge in [0.1, 0.15) is 11.2 Å². The maximum absolute atomic E-state index is 6.69. The van der Waals surface area contributed by atoms with Crippen molar-refractivity contribution in [2.75, 3.05) is 0 Å². The molecule has 0 bridgehead atoms. The molecule has 3 aromatic heterocycles. The molecule has 0 aliphatic heterocycles. The van der Waals surface area contributed by atoms with E-state index in [0.717, 1.165) is 55.3 Å². The summed E-state index contributed by atoms with van der Waals surface area (Å²) in [6.45, 7) is 3.89. The third-order valence-electron chi connectivity index (χ3n) is 9.50. The van der Waals surface area contributed by atoms with Crippen molar-refractivity contribution in [1.29, 1.82) is 0 Å². The molecule has 50 heavy (non-hydrogen) atoms. The molecule has 0 saturated carbocycles. The molecule has 0 saturated heterocycles. The summed E-state index contributed by atoms with van der Waals surface area (Å²) in [5.41, 5.74) is 7.51. The van der Waals surface area contributed by atoms with E-state index in [1.54, 1.807) is 0 Å². The number of hydrogen-bond donors (Lipinski definition) is 0. The summed E-state index contributed by atoms with van der Waals surface area (Å²) < 4.78 is 9.35. The van der Waals surface area contributed by atoms with Crippen LogP contribution >= 0.6 is 11.3 Å². The smallest absolute Gasteiger partial charge is 0.167 e. The lowest BCUT2D eigenvalue weighted by molar-refractivity contribution is 0.669. The van der Waals surface area contributed by atoms with Crippen LogP contribution in [0.3, 0.4) is 0 Å². The second-order valence-corrected chi connectivity index (χ2v) is 13.5. The van der Waals surface area contributed by atoms with Crippen molar-refractivity contribution >= 4 is 70.3 Å². The Bertz CT molecular complexity index is 2940. The second kappa shape index (κ2) is 11.3. The van der Waals surface area contributed by atoms with Gasteiger partial charge >= 0.3 is 0 Å². The fourth-order valence-electron chi connectivity index (χ4n) is 6.96. The van der Waals surface area contributed by atoms with Crippen molar-refractivity contribution in [2.24, 2.45) is 0 Å². The largest absolute Gasteiger partial charge is 0.455 e. The van der Waals surface area contributed by atoms with Gasteiger partial charge in [0.25, 0.3) is 0 Å². The van der Waals surface area contributed by atoms with Crippen LogP contribution in [0, 0.1) is 0 Å². The first-order chi connectivity index (χ1) is 24.7. The van der Waals surface area contributed by atoms with E-state index in [4.69, 9.17) is 19.4 Å². The van der Waals surface area contributed by atoms with Gasteiger partial charge in [0, 0.05) is 42.1 Å². The number of para-hydroxylation sites is 1. The normalized spacial score (nSPS) is 11.7. The molecule has 7 aromatic carbocycles. The molecule has 0 spiro atoms. The van der Waals surface area contributed by atoms with Crippen LogP contribution in [0.4, 0.5) is 0 Å². The average Bonchev–Trinajstić information content (AvgIpc) is 3.76. The molecule has 0 radical (unpaired) electrons. The van der Waals surface area contributed by atoms with Gasteiger partial charge in [-0.2, -0.15) is 0 Å². The zero-order valence-corrected chi connectivity index (χ0v) is 27.6. The molecule has 3 heterocycles. The predicted molar refractivity (Wildman–Crippen MR) is 209 cm³/mol. The number of fused-ring (bicyclic) bond motifs is 8. The van der Waals surface area contributed by atoms with Crippen molar-refractivity contribution in [3.8, 4) is 45.3 Å². The molecule has 0 N–H and O–H groups in total. The molecule has 0 amide bonds. The SMILES string of the molecule is C=Cc1ccc(-c2nc(-c3ccccc3)nc(-c3cccc4c3oc3cc(-c5ccc6c(ccc7c8ccccc8sc67)c5)ccc34)n2)cc1. The van der Waals surface area contributed by atoms with E-state index in [1.165, 1.54) is 30.9 Å². The van der Waals surface area contributed by atoms with Crippen molar-refractivity contribution in [2.45, 2.75) is 0 Å². The number of furan rings is 1. The summed E-state index contributed by atoms with van der Waals surface area (Å²) in [6, 6.07) is 50.7. The molecule has 4 nitrogen and oxygen atoms in total. The van der Waals surface area contributed by atoms with Crippen LogP contribution in [-0.2, 0) is 0 Å². The summed E-state index contributed by atoms with van der Waals surface area (Å²) in [5, 5.41) is 7.22. The molecule has 0 aliphatic carbocycles. The molecule has 10 rings (SSSR count). The third-order valence-corrected chi connectivity index (χ3v) is 10.7. The Labute approximate surface area is 291 Å². The molecule has 10 aromatic rings. The van der Waals surface area contributed by atoms with Gasteiger partial charge in [-0.1, -0.05) is 128 Å². The number of nitrogens with zero attached hydrogens (tertiary/aromatic N) is 3. The minimum absolute atomic E-state index is 0.564. The van der Waals surface area contributed by atoms with Crippen molar-refractivity contribution in [3.63, 3.8) is 0 Å². The van der Waals surface area contributed by atoms with Gasteiger partial charge in [0.15, 0.2) is 17.5 Å². The second-order valence-electron chi connectivity index (χ2n) is 12.5. The summed E-state index contributed by atoms with van der Waals surface area (Å²) in [6.07, 6.45) is 1.83. The van der Waals surface area contributed by atoms with Crippen LogP contribution in [0.25, 0.3) is 104 Å². The Morgan fingerprint density at radius 2 is 1.16 bits per heavy atom. The zero-order valence-electron chi connectivity index (χ0n) is 26.8. The van der Waals surface area contributed by atoms with Gasteiger partial charge in [-0.3, -0.25) is 0 Å². The van der Waals surface area contributed by atoms with E-state index >= 15 is 0 Å². The minimum atomic E-state index is 0.564. The van der Waals surface area contributed by atoms with Gasteiger partial charge in [-0.25, -0.2) is 15.0 Å². The molecule has 0 fully saturated rings. The summed E-state index contributed by atoms with van der Waals surface area (Å²) in [5.74, 6) is 1.77. The highest BCUT2D eigenvalue weighted by Gasteiger charge is 2.18. The maximum atomic E-state index is 6.69. The predicted octanol–water partition coefficient (Wildman–Crippen LogP) is 12.6. The lowest BCUT2D eigenvalue weighted by Gasteiger charge is -2.09. The number of hydrogen-bond acceptors (Lipinski definition) is 5. The van der Waals surface area contributed by atoms with E-state index < -0.39 is 0 Å². The summed E-state index contributed by atoms with van der Waals surface area (Å²) in [7, 11) is 0. The number of benzene rings is 7. The van der Waals surface area contributed by atoms with Crippen LogP contribution in [-0.4, -0.2) is 15.0 Å². The highest BCUT2D eigenvalue weighted by molar-refractivity contribution is 7.26. The summed E-state index contributed by atoms with van der Waals surface area (Å²) >= 11 is 1.86. The van der Waals surface area contributed by atoms with E-state index in [9.17, 15) is 0 Å². The van der Waals surface area contributed by atoms with Gasteiger partial charge in [0.2, 0.25) is 0 Å². The third kappa shape index (κ3) is 4.63. The zero-order chi connectivity index (χ0) is 33.2. The van der Waals surface area contributed by atoms with E-state index in [-0.39, 0.29) is 0 Å². The standard InChI is InChI=1S/C45H27N3OS/c1-2-27-15-17-29(18-16-27)44-46-43(28-9-4-3-5-10-28)47-45(48-44)38-13-8-12-36-34-23-20-31(26-39(34)49-41(36)38)30-19-22-33-32(25-30)21-24-37-35-11-6-7-14-40(35)50-42(33)37/h2-26H,1H2. The van der Waals surface area contributed by atoms with Gasteiger partial charge < -0.3 is 4.42 Å². The highest BCUT2D eigenvalue weighted by Crippen LogP contribution is 2.41. The lowest BCUT2D eigenvalue weighted by atomic mass is 9.99. The van der Waals surface area contributed by atoms with E-state index in [2.05, 4.69) is 85.4 Å². The monoisotopic (exact) mass is 657 g/mol. The molecule has 0 aliphatic rings. The number of thiophene rings is 1. The Balaban J connectivity index is 1.10. The Hall–Kier alpha value is -6.43. The van der Waals surface area contributed by atoms with Crippen LogP contribution in [0.15, 0.2) is 157 Å². The summed E-state index contributed by atoms with van der Waals surface area (Å²) in [4.78, 5) is 14.9. The highest BCUT2D eigenvalue weighted by atomic mass is 32.1. The average molecular weight is 658 g/mol. The van der Waals surface area contributed by atoms with Crippen LogP contribution < -0.4 is 0 Å². The first kappa shape index (κ1) is 28.6. The van der Waals surface area contributed by atoms with Crippen LogP contribution in [0.5, 0.6) is 0 Å². The number of aromatic nitrogens is 3. The van der Waals surface area contributed by atoms with Gasteiger partial charge in [-0.15, -0.1) is 11.3 Å². The molecule has 0 atom stereocenters. The van der Waals surface area contributed by atoms with Gasteiger partial charge in [0.05, 0.1) is 5.56 Å².